The number of carbonyl (C=O) groups is 2. The molecular weight excluding hydrogens is 412 g/mol. The van der Waals surface area contributed by atoms with E-state index in [2.05, 4.69) is 15.6 Å². The highest BCUT2D eigenvalue weighted by Crippen LogP contribution is 2.24. The number of aromatic nitrogens is 2. The van der Waals surface area contributed by atoms with Gasteiger partial charge in [-0.25, -0.2) is 9.78 Å². The van der Waals surface area contributed by atoms with Gasteiger partial charge in [-0.1, -0.05) is 18.2 Å². The number of hydrogen-bond donors (Lipinski definition) is 2. The first-order valence-electron chi connectivity index (χ1n) is 10.2. The van der Waals surface area contributed by atoms with E-state index in [9.17, 15) is 19.7 Å². The zero-order valence-corrected chi connectivity index (χ0v) is 17.2. The lowest BCUT2D eigenvalue weighted by Gasteiger charge is -2.32. The molecule has 1 saturated heterocycles. The fraction of sp³-hybridized carbons (Fsp3) is 0.227. The molecule has 3 aromatic rings. The van der Waals surface area contributed by atoms with Crippen LogP contribution in [0.4, 0.5) is 16.2 Å². The molecule has 3 amide bonds. The van der Waals surface area contributed by atoms with Crippen molar-refractivity contribution in [1.82, 2.24) is 19.8 Å². The van der Waals surface area contributed by atoms with E-state index in [1.807, 2.05) is 30.3 Å². The van der Waals surface area contributed by atoms with Crippen LogP contribution in [0.5, 0.6) is 0 Å². The first kappa shape index (κ1) is 21.0. The number of nitrogens with zero attached hydrogens (tertiary/aromatic N) is 4. The van der Waals surface area contributed by atoms with Gasteiger partial charge in [-0.3, -0.25) is 14.9 Å². The Morgan fingerprint density at radius 3 is 2.50 bits per heavy atom. The molecule has 1 aromatic heterocycles. The van der Waals surface area contributed by atoms with E-state index < -0.39 is 4.92 Å². The van der Waals surface area contributed by atoms with Crippen LogP contribution in [0.25, 0.3) is 5.69 Å². The number of nitro benzene ring substituents is 1. The molecule has 2 N–H and O–H groups in total. The second-order valence-corrected chi connectivity index (χ2v) is 7.46. The Morgan fingerprint density at radius 2 is 1.84 bits per heavy atom. The standard InChI is InChI=1S/C22H22N6O4/c29-21(16-6-7-19(20(14-16)28(31)32)27-13-10-23-15-27)24-18-8-11-26(12-9-18)22(30)25-17-4-2-1-3-5-17/h1-7,10,13-15,18H,8-9,11-12H2,(H,24,29)(H,25,30). The third kappa shape index (κ3) is 4.75. The fourth-order valence-electron chi connectivity index (χ4n) is 3.65. The second kappa shape index (κ2) is 9.29. The Bertz CT molecular complexity index is 1110. The molecule has 0 spiro atoms. The second-order valence-electron chi connectivity index (χ2n) is 7.46. The first-order chi connectivity index (χ1) is 15.5. The molecule has 0 aliphatic carbocycles. The van der Waals surface area contributed by atoms with Crippen molar-refractivity contribution >= 4 is 23.3 Å². The molecule has 0 bridgehead atoms. The maximum absolute atomic E-state index is 12.7. The van der Waals surface area contributed by atoms with Crippen LogP contribution in [0.1, 0.15) is 23.2 Å². The van der Waals surface area contributed by atoms with E-state index in [-0.39, 0.29) is 29.2 Å². The van der Waals surface area contributed by atoms with Gasteiger partial charge in [0.1, 0.15) is 5.69 Å². The molecule has 0 radical (unpaired) electrons. The number of amides is 3. The van der Waals surface area contributed by atoms with E-state index in [4.69, 9.17) is 0 Å². The van der Waals surface area contributed by atoms with Crippen molar-refractivity contribution < 1.29 is 14.5 Å². The highest BCUT2D eigenvalue weighted by atomic mass is 16.6. The van der Waals surface area contributed by atoms with Gasteiger partial charge in [-0.15, -0.1) is 0 Å². The molecule has 2 aromatic carbocycles. The van der Waals surface area contributed by atoms with Crippen LogP contribution >= 0.6 is 0 Å². The van der Waals surface area contributed by atoms with E-state index >= 15 is 0 Å². The molecule has 10 heteroatoms. The SMILES string of the molecule is O=C(NC1CCN(C(=O)Nc2ccccc2)CC1)c1ccc(-n2ccnc2)c([N+](=O)[O-])c1. The number of para-hydroxylation sites is 1. The highest BCUT2D eigenvalue weighted by molar-refractivity contribution is 5.95. The van der Waals surface area contributed by atoms with E-state index in [1.54, 1.807) is 17.2 Å². The average molecular weight is 434 g/mol. The lowest BCUT2D eigenvalue weighted by molar-refractivity contribution is -0.384. The summed E-state index contributed by atoms with van der Waals surface area (Å²) in [7, 11) is 0. The van der Waals surface area contributed by atoms with Crippen molar-refractivity contribution in [3.05, 3.63) is 82.9 Å². The van der Waals surface area contributed by atoms with Crippen LogP contribution in [0, 0.1) is 10.1 Å². The van der Waals surface area contributed by atoms with Crippen LogP contribution < -0.4 is 10.6 Å². The van der Waals surface area contributed by atoms with Gasteiger partial charge >= 0.3 is 6.03 Å². The van der Waals surface area contributed by atoms with E-state index in [0.29, 0.717) is 31.6 Å². The predicted octanol–water partition coefficient (Wildman–Crippen LogP) is 3.21. The predicted molar refractivity (Wildman–Crippen MR) is 118 cm³/mol. The summed E-state index contributed by atoms with van der Waals surface area (Å²) in [6.45, 7) is 1.01. The number of anilines is 1. The molecule has 0 atom stereocenters. The number of nitrogens with one attached hydrogen (secondary N) is 2. The van der Waals surface area contributed by atoms with Gasteiger partial charge in [-0.2, -0.15) is 0 Å². The summed E-state index contributed by atoms with van der Waals surface area (Å²) in [4.78, 5) is 41.7. The van der Waals surface area contributed by atoms with Crippen molar-refractivity contribution in [3.8, 4) is 5.69 Å². The number of nitro groups is 1. The summed E-state index contributed by atoms with van der Waals surface area (Å²) in [6, 6.07) is 13.3. The first-order valence-corrected chi connectivity index (χ1v) is 10.2. The Kier molecular flexibility index (Phi) is 6.11. The lowest BCUT2D eigenvalue weighted by Crippen LogP contribution is -2.47. The van der Waals surface area contributed by atoms with Crippen molar-refractivity contribution in [2.45, 2.75) is 18.9 Å². The summed E-state index contributed by atoms with van der Waals surface area (Å²) in [5, 5.41) is 17.3. The van der Waals surface area contributed by atoms with Crippen LogP contribution in [-0.2, 0) is 0 Å². The number of benzene rings is 2. The zero-order valence-electron chi connectivity index (χ0n) is 17.2. The molecule has 1 aliphatic heterocycles. The molecule has 10 nitrogen and oxygen atoms in total. The maximum atomic E-state index is 12.7. The Balaban J connectivity index is 1.35. The number of carbonyl (C=O) groups excluding carboxylic acids is 2. The monoisotopic (exact) mass is 434 g/mol. The fourth-order valence-corrected chi connectivity index (χ4v) is 3.65. The van der Waals surface area contributed by atoms with Crippen molar-refractivity contribution in [2.24, 2.45) is 0 Å². The maximum Gasteiger partial charge on any atom is 0.321 e. The summed E-state index contributed by atoms with van der Waals surface area (Å²) in [5.74, 6) is -0.377. The van der Waals surface area contributed by atoms with Crippen LogP contribution in [0.15, 0.2) is 67.3 Å². The highest BCUT2D eigenvalue weighted by Gasteiger charge is 2.25. The van der Waals surface area contributed by atoms with E-state index in [0.717, 1.165) is 5.69 Å². The van der Waals surface area contributed by atoms with Gasteiger partial charge in [0.05, 0.1) is 11.3 Å². The van der Waals surface area contributed by atoms with Crippen molar-refractivity contribution in [1.29, 1.82) is 0 Å². The number of imidazole rings is 1. The van der Waals surface area contributed by atoms with Gasteiger partial charge in [0, 0.05) is 48.8 Å². The minimum Gasteiger partial charge on any atom is -0.349 e. The Labute approximate surface area is 184 Å². The van der Waals surface area contributed by atoms with Crippen LogP contribution in [0.3, 0.4) is 0 Å². The smallest absolute Gasteiger partial charge is 0.321 e. The quantitative estimate of drug-likeness (QED) is 0.472. The molecule has 32 heavy (non-hydrogen) atoms. The van der Waals surface area contributed by atoms with Crippen LogP contribution in [-0.4, -0.2) is 50.4 Å². The topological polar surface area (TPSA) is 122 Å². The van der Waals surface area contributed by atoms with Gasteiger partial charge < -0.3 is 20.1 Å². The largest absolute Gasteiger partial charge is 0.349 e. The Hall–Kier alpha value is -4.21. The van der Waals surface area contributed by atoms with E-state index in [1.165, 1.54) is 29.2 Å². The summed E-state index contributed by atoms with van der Waals surface area (Å²) in [6.07, 6.45) is 5.79. The minimum atomic E-state index is -0.518. The molecule has 0 unspecified atom stereocenters. The third-order valence-corrected chi connectivity index (χ3v) is 5.36. The number of urea groups is 1. The van der Waals surface area contributed by atoms with Gasteiger partial charge in [-0.05, 0) is 37.1 Å². The van der Waals surface area contributed by atoms with Gasteiger partial charge in [0.15, 0.2) is 0 Å². The van der Waals surface area contributed by atoms with Crippen molar-refractivity contribution in [2.75, 3.05) is 18.4 Å². The third-order valence-electron chi connectivity index (χ3n) is 5.36. The minimum absolute atomic E-state index is 0.115. The normalized spacial score (nSPS) is 14.1. The van der Waals surface area contributed by atoms with Crippen molar-refractivity contribution in [3.63, 3.8) is 0 Å². The van der Waals surface area contributed by atoms with Gasteiger partial charge in [0.25, 0.3) is 11.6 Å². The molecule has 164 valence electrons. The van der Waals surface area contributed by atoms with Gasteiger partial charge in [0.2, 0.25) is 0 Å². The molecular formula is C22H22N6O4. The number of rotatable bonds is 5. The molecule has 0 saturated carbocycles. The van der Waals surface area contributed by atoms with Crippen LogP contribution in [0.2, 0.25) is 0 Å². The number of likely N-dealkylation sites (tertiary alicyclic amines) is 1. The lowest BCUT2D eigenvalue weighted by atomic mass is 10.0. The molecule has 4 rings (SSSR count). The summed E-state index contributed by atoms with van der Waals surface area (Å²) >= 11 is 0. The number of piperidine rings is 1. The average Bonchev–Trinajstić information content (AvgIpc) is 3.34. The summed E-state index contributed by atoms with van der Waals surface area (Å²) < 4.78 is 1.52. The molecule has 1 fully saturated rings. The Morgan fingerprint density at radius 1 is 1.09 bits per heavy atom. The zero-order chi connectivity index (χ0) is 22.5. The number of hydrogen-bond acceptors (Lipinski definition) is 5. The summed E-state index contributed by atoms with van der Waals surface area (Å²) in [5.41, 5.74) is 1.10. The molecule has 1 aliphatic rings. The molecule has 2 heterocycles.